The highest BCUT2D eigenvalue weighted by Gasteiger charge is 2.10. The predicted molar refractivity (Wildman–Crippen MR) is 88.9 cm³/mol. The first-order valence-corrected chi connectivity index (χ1v) is 8.30. The second kappa shape index (κ2) is 7.54. The maximum atomic E-state index is 12.2. The molecule has 1 amide bonds. The predicted octanol–water partition coefficient (Wildman–Crippen LogP) is 4.13. The molecule has 6 heteroatoms. The van der Waals surface area contributed by atoms with Crippen molar-refractivity contribution < 1.29 is 13.6 Å². The molecule has 2 N–H and O–H groups in total. The monoisotopic (exact) mass is 337 g/mol. The zero-order valence-electron chi connectivity index (χ0n) is 12.0. The van der Waals surface area contributed by atoms with Crippen LogP contribution in [0.3, 0.4) is 0 Å². The highest BCUT2D eigenvalue weighted by Crippen LogP contribution is 2.21. The summed E-state index contributed by atoms with van der Waals surface area (Å²) >= 11 is 3.94. The molecule has 0 radical (unpaired) electrons. The molecule has 0 aliphatic heterocycles. The van der Waals surface area contributed by atoms with Crippen molar-refractivity contribution in [2.75, 3.05) is 5.32 Å². The normalized spacial score (nSPS) is 12.0. The molecule has 4 nitrogen and oxygen atoms in total. The first-order valence-electron chi connectivity index (χ1n) is 6.81. The second-order valence-electron chi connectivity index (χ2n) is 4.83. The van der Waals surface area contributed by atoms with Crippen molar-refractivity contribution >= 4 is 34.3 Å². The SMILES string of the molecule is CCCc1cc(Cl)cc(NC(=O)c2cccc(S(=O)O)c2)c1. The lowest BCUT2D eigenvalue weighted by molar-refractivity contribution is 0.102. The van der Waals surface area contributed by atoms with E-state index >= 15 is 0 Å². The van der Waals surface area contributed by atoms with Crippen molar-refractivity contribution in [1.82, 2.24) is 0 Å². The minimum atomic E-state index is -2.11. The number of hydrogen-bond acceptors (Lipinski definition) is 2. The molecule has 1 unspecified atom stereocenters. The average molecular weight is 338 g/mol. The van der Waals surface area contributed by atoms with Gasteiger partial charge in [-0.15, -0.1) is 0 Å². The lowest BCUT2D eigenvalue weighted by Crippen LogP contribution is -2.12. The minimum Gasteiger partial charge on any atom is -0.322 e. The number of anilines is 1. The molecule has 0 heterocycles. The van der Waals surface area contributed by atoms with Crippen LogP contribution in [-0.2, 0) is 17.5 Å². The van der Waals surface area contributed by atoms with E-state index in [1.54, 1.807) is 18.2 Å². The summed E-state index contributed by atoms with van der Waals surface area (Å²) in [5.41, 5.74) is 1.98. The van der Waals surface area contributed by atoms with Gasteiger partial charge in [-0.2, -0.15) is 0 Å². The van der Waals surface area contributed by atoms with Crippen molar-refractivity contribution in [3.63, 3.8) is 0 Å². The highest BCUT2D eigenvalue weighted by atomic mass is 35.5. The summed E-state index contributed by atoms with van der Waals surface area (Å²) in [7, 11) is 0. The van der Waals surface area contributed by atoms with Gasteiger partial charge >= 0.3 is 0 Å². The summed E-state index contributed by atoms with van der Waals surface area (Å²) in [6, 6.07) is 11.5. The lowest BCUT2D eigenvalue weighted by Gasteiger charge is -2.09. The van der Waals surface area contributed by atoms with E-state index in [-0.39, 0.29) is 10.8 Å². The van der Waals surface area contributed by atoms with E-state index in [0.717, 1.165) is 18.4 Å². The smallest absolute Gasteiger partial charge is 0.255 e. The maximum absolute atomic E-state index is 12.2. The van der Waals surface area contributed by atoms with Gasteiger partial charge in [-0.25, -0.2) is 4.21 Å². The summed E-state index contributed by atoms with van der Waals surface area (Å²) in [4.78, 5) is 12.4. The van der Waals surface area contributed by atoms with Crippen LogP contribution >= 0.6 is 11.6 Å². The number of amides is 1. The standard InChI is InChI=1S/C16H16ClNO3S/c1-2-4-11-7-13(17)10-14(8-11)18-16(19)12-5-3-6-15(9-12)22(20)21/h3,5-10H,2,4H2,1H3,(H,18,19)(H,20,21). The zero-order valence-corrected chi connectivity index (χ0v) is 13.6. The van der Waals surface area contributed by atoms with Crippen LogP contribution in [0, 0.1) is 0 Å². The number of carbonyl (C=O) groups is 1. The molecule has 2 rings (SSSR count). The first-order chi connectivity index (χ1) is 10.5. The van der Waals surface area contributed by atoms with Gasteiger partial charge in [0.15, 0.2) is 11.1 Å². The quantitative estimate of drug-likeness (QED) is 0.806. The summed E-state index contributed by atoms with van der Waals surface area (Å²) in [6.45, 7) is 2.07. The lowest BCUT2D eigenvalue weighted by atomic mass is 10.1. The Bertz CT molecular complexity index is 718. The van der Waals surface area contributed by atoms with Gasteiger partial charge in [0.25, 0.3) is 5.91 Å². The van der Waals surface area contributed by atoms with Crippen molar-refractivity contribution in [2.24, 2.45) is 0 Å². The van der Waals surface area contributed by atoms with E-state index in [9.17, 15) is 9.00 Å². The molecule has 0 aromatic heterocycles. The average Bonchev–Trinajstić information content (AvgIpc) is 2.47. The minimum absolute atomic E-state index is 0.186. The molecular weight excluding hydrogens is 322 g/mol. The topological polar surface area (TPSA) is 66.4 Å². The Kier molecular flexibility index (Phi) is 5.71. The summed E-state index contributed by atoms with van der Waals surface area (Å²) < 4.78 is 20.1. The summed E-state index contributed by atoms with van der Waals surface area (Å²) in [6.07, 6.45) is 1.86. The Labute approximate surface area is 136 Å². The zero-order chi connectivity index (χ0) is 16.1. The Morgan fingerprint density at radius 2 is 2.05 bits per heavy atom. The molecule has 22 heavy (non-hydrogen) atoms. The number of rotatable bonds is 5. The molecule has 0 bridgehead atoms. The first kappa shape index (κ1) is 16.7. The fourth-order valence-electron chi connectivity index (χ4n) is 2.10. The largest absolute Gasteiger partial charge is 0.322 e. The Hall–Kier alpha value is -1.69. The second-order valence-corrected chi connectivity index (χ2v) is 6.24. The van der Waals surface area contributed by atoms with E-state index in [2.05, 4.69) is 12.2 Å². The number of aryl methyl sites for hydroxylation is 1. The van der Waals surface area contributed by atoms with Gasteiger partial charge in [0.1, 0.15) is 0 Å². The van der Waals surface area contributed by atoms with Gasteiger partial charge in [0.2, 0.25) is 0 Å². The van der Waals surface area contributed by atoms with Crippen LogP contribution in [-0.4, -0.2) is 14.7 Å². The van der Waals surface area contributed by atoms with Crippen LogP contribution in [0.5, 0.6) is 0 Å². The number of benzene rings is 2. The number of hydrogen-bond donors (Lipinski definition) is 2. The molecule has 0 fully saturated rings. The number of nitrogens with one attached hydrogen (secondary N) is 1. The van der Waals surface area contributed by atoms with Crippen LogP contribution in [0.4, 0.5) is 5.69 Å². The molecule has 0 aliphatic carbocycles. The van der Waals surface area contributed by atoms with Crippen LogP contribution in [0.2, 0.25) is 5.02 Å². The Morgan fingerprint density at radius 3 is 2.73 bits per heavy atom. The van der Waals surface area contributed by atoms with Crippen molar-refractivity contribution in [3.05, 3.63) is 58.6 Å². The van der Waals surface area contributed by atoms with Crippen LogP contribution in [0.15, 0.2) is 47.4 Å². The van der Waals surface area contributed by atoms with E-state index in [1.807, 2.05) is 12.1 Å². The molecule has 0 saturated heterocycles. The van der Waals surface area contributed by atoms with Gasteiger partial charge < -0.3 is 9.87 Å². The molecule has 0 aliphatic rings. The van der Waals surface area contributed by atoms with E-state index < -0.39 is 11.1 Å². The van der Waals surface area contributed by atoms with Crippen LogP contribution < -0.4 is 5.32 Å². The van der Waals surface area contributed by atoms with Gasteiger partial charge in [-0.05, 0) is 48.4 Å². The van der Waals surface area contributed by atoms with Crippen LogP contribution in [0.25, 0.3) is 0 Å². The molecule has 2 aromatic carbocycles. The molecule has 116 valence electrons. The van der Waals surface area contributed by atoms with E-state index in [0.29, 0.717) is 16.3 Å². The van der Waals surface area contributed by atoms with Crippen LogP contribution in [0.1, 0.15) is 29.3 Å². The molecule has 2 aromatic rings. The van der Waals surface area contributed by atoms with Crippen molar-refractivity contribution in [2.45, 2.75) is 24.7 Å². The Morgan fingerprint density at radius 1 is 1.27 bits per heavy atom. The van der Waals surface area contributed by atoms with Gasteiger partial charge in [0.05, 0.1) is 4.90 Å². The molecule has 0 saturated carbocycles. The fraction of sp³-hybridized carbons (Fsp3) is 0.188. The van der Waals surface area contributed by atoms with Crippen molar-refractivity contribution in [1.29, 1.82) is 0 Å². The third-order valence-electron chi connectivity index (χ3n) is 3.05. The third kappa shape index (κ3) is 4.40. The molecule has 0 spiro atoms. The molecular formula is C16H16ClNO3S. The fourth-order valence-corrected chi connectivity index (χ4v) is 2.79. The van der Waals surface area contributed by atoms with Gasteiger partial charge in [0, 0.05) is 16.3 Å². The highest BCUT2D eigenvalue weighted by molar-refractivity contribution is 7.79. The number of halogens is 1. The molecule has 1 atom stereocenters. The number of carbonyl (C=O) groups excluding carboxylic acids is 1. The van der Waals surface area contributed by atoms with E-state index in [1.165, 1.54) is 12.1 Å². The third-order valence-corrected chi connectivity index (χ3v) is 3.93. The summed E-state index contributed by atoms with van der Waals surface area (Å²) in [5, 5.41) is 3.32. The van der Waals surface area contributed by atoms with Crippen molar-refractivity contribution in [3.8, 4) is 0 Å². The maximum Gasteiger partial charge on any atom is 0.255 e. The Balaban J connectivity index is 2.21. The van der Waals surface area contributed by atoms with E-state index in [4.69, 9.17) is 16.2 Å². The summed E-state index contributed by atoms with van der Waals surface area (Å²) in [5.74, 6) is -0.350. The van der Waals surface area contributed by atoms with Gasteiger partial charge in [-0.1, -0.05) is 31.0 Å². The van der Waals surface area contributed by atoms with Gasteiger partial charge in [-0.3, -0.25) is 4.79 Å².